The first-order valence-electron chi connectivity index (χ1n) is 6.27. The molecule has 1 heterocycles. The van der Waals surface area contributed by atoms with Gasteiger partial charge in [0, 0.05) is 26.2 Å². The van der Waals surface area contributed by atoms with E-state index in [4.69, 9.17) is 10.5 Å². The third-order valence-corrected chi connectivity index (χ3v) is 3.71. The second-order valence-electron chi connectivity index (χ2n) is 4.45. The summed E-state index contributed by atoms with van der Waals surface area (Å²) in [5.41, 5.74) is 5.44. The van der Waals surface area contributed by atoms with Crippen LogP contribution >= 0.6 is 12.4 Å². The first-order valence-corrected chi connectivity index (χ1v) is 6.27. The Kier molecular flexibility index (Phi) is 7.75. The summed E-state index contributed by atoms with van der Waals surface area (Å²) in [6.07, 6.45) is 2.56. The lowest BCUT2D eigenvalue weighted by Gasteiger charge is -2.34. The first-order chi connectivity index (χ1) is 7.70. The average Bonchev–Trinajstić information content (AvgIpc) is 2.60. The number of carbonyl (C=O) groups excluding carboxylic acids is 1. The monoisotopic (exact) mass is 264 g/mol. The predicted molar refractivity (Wildman–Crippen MR) is 71.3 cm³/mol. The van der Waals surface area contributed by atoms with Gasteiger partial charge in [0.05, 0.1) is 12.0 Å². The molecule has 2 N–H and O–H groups in total. The van der Waals surface area contributed by atoms with Gasteiger partial charge >= 0.3 is 0 Å². The molecule has 5 heteroatoms. The third kappa shape index (κ3) is 3.83. The second kappa shape index (κ2) is 7.90. The molecule has 102 valence electrons. The Labute approximate surface area is 110 Å². The highest BCUT2D eigenvalue weighted by Crippen LogP contribution is 2.28. The topological polar surface area (TPSA) is 55.6 Å². The molecule has 0 unspecified atom stereocenters. The Bertz CT molecular complexity index is 216. The van der Waals surface area contributed by atoms with Crippen molar-refractivity contribution in [3.8, 4) is 0 Å². The summed E-state index contributed by atoms with van der Waals surface area (Å²) in [6, 6.07) is 0. The van der Waals surface area contributed by atoms with Crippen molar-refractivity contribution in [3.63, 3.8) is 0 Å². The molecule has 0 aliphatic carbocycles. The van der Waals surface area contributed by atoms with Crippen molar-refractivity contribution in [1.82, 2.24) is 4.90 Å². The van der Waals surface area contributed by atoms with Gasteiger partial charge in [0.2, 0.25) is 5.91 Å². The SMILES string of the molecule is CCC(CC)(CN)C(=O)N1CCCOCC1.Cl. The minimum absolute atomic E-state index is 0. The zero-order valence-corrected chi connectivity index (χ0v) is 11.7. The van der Waals surface area contributed by atoms with Crippen LogP contribution in [0.15, 0.2) is 0 Å². The second-order valence-corrected chi connectivity index (χ2v) is 4.45. The molecule has 0 aromatic rings. The van der Waals surface area contributed by atoms with Crippen LogP contribution in [-0.4, -0.2) is 43.7 Å². The van der Waals surface area contributed by atoms with Crippen molar-refractivity contribution in [2.45, 2.75) is 33.1 Å². The van der Waals surface area contributed by atoms with Gasteiger partial charge in [-0.2, -0.15) is 0 Å². The largest absolute Gasteiger partial charge is 0.380 e. The Morgan fingerprint density at radius 3 is 2.47 bits per heavy atom. The number of ether oxygens (including phenoxy) is 1. The maximum Gasteiger partial charge on any atom is 0.230 e. The Balaban J connectivity index is 0.00000256. The standard InChI is InChI=1S/C12H24N2O2.ClH/c1-3-12(4-2,10-13)11(15)14-6-5-8-16-9-7-14;/h3-10,13H2,1-2H3;1H. The smallest absolute Gasteiger partial charge is 0.230 e. The summed E-state index contributed by atoms with van der Waals surface area (Å²) in [5, 5.41) is 0. The van der Waals surface area contributed by atoms with Gasteiger partial charge in [-0.25, -0.2) is 0 Å². The van der Waals surface area contributed by atoms with Gasteiger partial charge in [-0.3, -0.25) is 4.79 Å². The lowest BCUT2D eigenvalue weighted by Crippen LogP contribution is -2.48. The Hall–Kier alpha value is -0.320. The van der Waals surface area contributed by atoms with Crippen molar-refractivity contribution in [3.05, 3.63) is 0 Å². The molecule has 0 spiro atoms. The summed E-state index contributed by atoms with van der Waals surface area (Å²) in [5.74, 6) is 0.213. The highest BCUT2D eigenvalue weighted by Gasteiger charge is 2.36. The fourth-order valence-electron chi connectivity index (χ4n) is 2.21. The fourth-order valence-corrected chi connectivity index (χ4v) is 2.21. The number of amides is 1. The minimum atomic E-state index is -0.357. The number of nitrogens with two attached hydrogens (primary N) is 1. The minimum Gasteiger partial charge on any atom is -0.380 e. The van der Waals surface area contributed by atoms with E-state index in [0.29, 0.717) is 19.7 Å². The summed E-state index contributed by atoms with van der Waals surface area (Å²) in [4.78, 5) is 14.4. The van der Waals surface area contributed by atoms with E-state index in [1.165, 1.54) is 0 Å². The van der Waals surface area contributed by atoms with Gasteiger partial charge in [-0.1, -0.05) is 13.8 Å². The molecule has 1 saturated heterocycles. The van der Waals surface area contributed by atoms with Crippen molar-refractivity contribution in [1.29, 1.82) is 0 Å². The molecular formula is C12H25ClN2O2. The third-order valence-electron chi connectivity index (χ3n) is 3.71. The zero-order chi connectivity index (χ0) is 12.0. The molecule has 0 aromatic carbocycles. The Morgan fingerprint density at radius 1 is 1.29 bits per heavy atom. The van der Waals surface area contributed by atoms with E-state index in [1.807, 2.05) is 18.7 Å². The van der Waals surface area contributed by atoms with Crippen LogP contribution in [0.2, 0.25) is 0 Å². The van der Waals surface area contributed by atoms with Crippen molar-refractivity contribution >= 4 is 18.3 Å². The molecule has 1 rings (SSSR count). The van der Waals surface area contributed by atoms with Gasteiger partial charge in [0.1, 0.15) is 0 Å². The summed E-state index contributed by atoms with van der Waals surface area (Å²) in [7, 11) is 0. The first kappa shape index (κ1) is 16.7. The molecule has 4 nitrogen and oxygen atoms in total. The molecule has 17 heavy (non-hydrogen) atoms. The average molecular weight is 265 g/mol. The van der Waals surface area contributed by atoms with Crippen LogP contribution < -0.4 is 5.73 Å². The number of hydrogen-bond donors (Lipinski definition) is 1. The van der Waals surface area contributed by atoms with Crippen LogP contribution in [0, 0.1) is 5.41 Å². The van der Waals surface area contributed by atoms with Crippen molar-refractivity contribution in [2.75, 3.05) is 32.8 Å². The van der Waals surface area contributed by atoms with Gasteiger partial charge in [0.25, 0.3) is 0 Å². The van der Waals surface area contributed by atoms with E-state index in [2.05, 4.69) is 0 Å². The quantitative estimate of drug-likeness (QED) is 0.836. The summed E-state index contributed by atoms with van der Waals surface area (Å²) >= 11 is 0. The molecule has 1 fully saturated rings. The summed E-state index contributed by atoms with van der Waals surface area (Å²) in [6.45, 7) is 7.46. The fraction of sp³-hybridized carbons (Fsp3) is 0.917. The maximum atomic E-state index is 12.5. The van der Waals surface area contributed by atoms with Crippen LogP contribution in [-0.2, 0) is 9.53 Å². The highest BCUT2D eigenvalue weighted by molar-refractivity contribution is 5.85. The van der Waals surface area contributed by atoms with E-state index in [9.17, 15) is 4.79 Å². The molecule has 1 aliphatic heterocycles. The molecule has 0 bridgehead atoms. The normalized spacial score (nSPS) is 17.2. The molecule has 1 amide bonds. The molecular weight excluding hydrogens is 240 g/mol. The lowest BCUT2D eigenvalue weighted by molar-refractivity contribution is -0.142. The van der Waals surface area contributed by atoms with E-state index in [0.717, 1.165) is 32.4 Å². The van der Waals surface area contributed by atoms with Gasteiger partial charge in [-0.15, -0.1) is 12.4 Å². The Morgan fingerprint density at radius 2 is 1.94 bits per heavy atom. The van der Waals surface area contributed by atoms with Gasteiger partial charge in [0.15, 0.2) is 0 Å². The lowest BCUT2D eigenvalue weighted by atomic mass is 9.81. The van der Waals surface area contributed by atoms with Gasteiger partial charge in [-0.05, 0) is 19.3 Å². The van der Waals surface area contributed by atoms with Crippen LogP contribution in [0.4, 0.5) is 0 Å². The highest BCUT2D eigenvalue weighted by atomic mass is 35.5. The maximum absolute atomic E-state index is 12.5. The number of rotatable bonds is 4. The molecule has 0 atom stereocenters. The summed E-state index contributed by atoms with van der Waals surface area (Å²) < 4.78 is 5.36. The number of hydrogen-bond acceptors (Lipinski definition) is 3. The molecule has 0 saturated carbocycles. The van der Waals surface area contributed by atoms with Crippen molar-refractivity contribution < 1.29 is 9.53 Å². The van der Waals surface area contributed by atoms with E-state index >= 15 is 0 Å². The number of nitrogens with zero attached hydrogens (tertiary/aromatic N) is 1. The van der Waals surface area contributed by atoms with Crippen LogP contribution in [0.25, 0.3) is 0 Å². The van der Waals surface area contributed by atoms with Crippen LogP contribution in [0.3, 0.4) is 0 Å². The van der Waals surface area contributed by atoms with Crippen LogP contribution in [0.5, 0.6) is 0 Å². The number of halogens is 1. The predicted octanol–water partition coefficient (Wildman–Crippen LogP) is 1.42. The van der Waals surface area contributed by atoms with E-state index < -0.39 is 0 Å². The van der Waals surface area contributed by atoms with E-state index in [1.54, 1.807) is 0 Å². The van der Waals surface area contributed by atoms with Gasteiger partial charge < -0.3 is 15.4 Å². The van der Waals surface area contributed by atoms with E-state index in [-0.39, 0.29) is 23.7 Å². The number of carbonyl (C=O) groups is 1. The molecule has 1 aliphatic rings. The molecule has 0 radical (unpaired) electrons. The van der Waals surface area contributed by atoms with Crippen LogP contribution in [0.1, 0.15) is 33.1 Å². The van der Waals surface area contributed by atoms with Crippen molar-refractivity contribution in [2.24, 2.45) is 11.1 Å². The zero-order valence-electron chi connectivity index (χ0n) is 10.9. The molecule has 0 aromatic heterocycles.